The molecule has 1 aliphatic heterocycles. The fraction of sp³-hybridized carbons (Fsp3) is 0.231. The molecule has 6 heteroatoms. The number of carbonyl (C=O) groups is 1. The zero-order chi connectivity index (χ0) is 21.9. The molecule has 5 rings (SSSR count). The van der Waals surface area contributed by atoms with Crippen LogP contribution < -0.4 is 0 Å². The quantitative estimate of drug-likeness (QED) is 0.483. The zero-order valence-corrected chi connectivity index (χ0v) is 17.8. The molecule has 1 saturated heterocycles. The minimum Gasteiger partial charge on any atom is -0.340 e. The summed E-state index contributed by atoms with van der Waals surface area (Å²) in [5.41, 5.74) is 3.83. The summed E-state index contributed by atoms with van der Waals surface area (Å²) in [5.74, 6) is -0.264. The fourth-order valence-corrected chi connectivity index (χ4v) is 4.48. The van der Waals surface area contributed by atoms with Crippen molar-refractivity contribution in [1.29, 1.82) is 0 Å². The van der Waals surface area contributed by atoms with E-state index in [9.17, 15) is 9.18 Å². The molecule has 5 nitrogen and oxygen atoms in total. The second kappa shape index (κ2) is 8.93. The highest BCUT2D eigenvalue weighted by atomic mass is 19.1. The third-order valence-corrected chi connectivity index (χ3v) is 6.06. The number of pyridine rings is 1. The van der Waals surface area contributed by atoms with E-state index in [4.69, 9.17) is 0 Å². The number of fused-ring (bicyclic) bond motifs is 1. The van der Waals surface area contributed by atoms with Gasteiger partial charge in [0, 0.05) is 38.6 Å². The average Bonchev–Trinajstić information content (AvgIpc) is 3.22. The fourth-order valence-electron chi connectivity index (χ4n) is 4.48. The van der Waals surface area contributed by atoms with Gasteiger partial charge in [-0.1, -0.05) is 60.7 Å². The number of carbonyl (C=O) groups excluding carboxylic acids is 1. The standard InChI is InChI=1S/C26H25FN4O/c27-22-11-12-24-28-23(19-31(24)18-22)17-25(32)29-13-15-30(16-14-29)26(20-7-3-1-4-8-20)21-9-5-2-6-10-21/h1-12,18-19,26H,13-17H2. The molecule has 1 aliphatic rings. The van der Waals surface area contributed by atoms with Crippen molar-refractivity contribution in [2.75, 3.05) is 26.2 Å². The van der Waals surface area contributed by atoms with E-state index < -0.39 is 0 Å². The summed E-state index contributed by atoms with van der Waals surface area (Å²) >= 11 is 0. The number of rotatable bonds is 5. The summed E-state index contributed by atoms with van der Waals surface area (Å²) in [6, 6.07) is 24.2. The van der Waals surface area contributed by atoms with Crippen molar-refractivity contribution in [2.24, 2.45) is 0 Å². The molecule has 162 valence electrons. The van der Waals surface area contributed by atoms with Gasteiger partial charge in [-0.05, 0) is 23.3 Å². The molecular weight excluding hydrogens is 403 g/mol. The SMILES string of the molecule is O=C(Cc1cn2cc(F)ccc2n1)N1CCN(C(c2ccccc2)c2ccccc2)CC1. The predicted molar refractivity (Wildman–Crippen MR) is 122 cm³/mol. The molecule has 0 aliphatic carbocycles. The number of hydrogen-bond donors (Lipinski definition) is 0. The van der Waals surface area contributed by atoms with E-state index in [0.29, 0.717) is 24.4 Å². The van der Waals surface area contributed by atoms with Crippen LogP contribution in [-0.2, 0) is 11.2 Å². The highest BCUT2D eigenvalue weighted by Gasteiger charge is 2.28. The molecule has 0 spiro atoms. The van der Waals surface area contributed by atoms with Crippen molar-refractivity contribution in [2.45, 2.75) is 12.5 Å². The van der Waals surface area contributed by atoms with Crippen LogP contribution in [0.3, 0.4) is 0 Å². The van der Waals surface area contributed by atoms with Gasteiger partial charge in [0.05, 0.1) is 18.2 Å². The van der Waals surface area contributed by atoms with Gasteiger partial charge in [-0.25, -0.2) is 9.37 Å². The number of piperazine rings is 1. The molecule has 2 aromatic heterocycles. The molecular formula is C26H25FN4O. The number of benzene rings is 2. The average molecular weight is 429 g/mol. The maximum absolute atomic E-state index is 13.4. The van der Waals surface area contributed by atoms with Crippen LogP contribution in [0.4, 0.5) is 4.39 Å². The highest BCUT2D eigenvalue weighted by Crippen LogP contribution is 2.29. The topological polar surface area (TPSA) is 40.9 Å². The van der Waals surface area contributed by atoms with Gasteiger partial charge < -0.3 is 9.30 Å². The predicted octanol–water partition coefficient (Wildman–Crippen LogP) is 3.95. The summed E-state index contributed by atoms with van der Waals surface area (Å²) in [5, 5.41) is 0. The van der Waals surface area contributed by atoms with E-state index in [1.165, 1.54) is 23.4 Å². The van der Waals surface area contributed by atoms with Gasteiger partial charge in [-0.15, -0.1) is 0 Å². The van der Waals surface area contributed by atoms with E-state index in [-0.39, 0.29) is 24.2 Å². The summed E-state index contributed by atoms with van der Waals surface area (Å²) in [6.07, 6.45) is 3.33. The van der Waals surface area contributed by atoms with Crippen LogP contribution in [-0.4, -0.2) is 51.3 Å². The lowest BCUT2D eigenvalue weighted by molar-refractivity contribution is -0.132. The van der Waals surface area contributed by atoms with Crippen molar-refractivity contribution in [3.05, 3.63) is 108 Å². The van der Waals surface area contributed by atoms with Crippen LogP contribution in [0, 0.1) is 5.82 Å². The summed E-state index contributed by atoms with van der Waals surface area (Å²) < 4.78 is 15.0. The molecule has 3 heterocycles. The number of nitrogens with zero attached hydrogens (tertiary/aromatic N) is 4. The van der Waals surface area contributed by atoms with E-state index in [1.807, 2.05) is 17.0 Å². The number of aromatic nitrogens is 2. The largest absolute Gasteiger partial charge is 0.340 e. The monoisotopic (exact) mass is 428 g/mol. The normalized spacial score (nSPS) is 14.9. The molecule has 0 radical (unpaired) electrons. The minimum atomic E-state index is -0.324. The van der Waals surface area contributed by atoms with Crippen LogP contribution in [0.25, 0.3) is 5.65 Å². The van der Waals surface area contributed by atoms with Crippen LogP contribution in [0.15, 0.2) is 85.2 Å². The third-order valence-electron chi connectivity index (χ3n) is 6.06. The molecule has 0 saturated carbocycles. The summed E-state index contributed by atoms with van der Waals surface area (Å²) in [7, 11) is 0. The molecule has 1 fully saturated rings. The molecule has 0 atom stereocenters. The lowest BCUT2D eigenvalue weighted by Gasteiger charge is -2.39. The lowest BCUT2D eigenvalue weighted by Crippen LogP contribution is -2.50. The van der Waals surface area contributed by atoms with Gasteiger partial charge in [0.2, 0.25) is 5.91 Å². The Morgan fingerprint density at radius 3 is 2.09 bits per heavy atom. The van der Waals surface area contributed by atoms with Gasteiger partial charge in [0.25, 0.3) is 0 Å². The zero-order valence-electron chi connectivity index (χ0n) is 17.8. The van der Waals surface area contributed by atoms with Gasteiger partial charge in [0.15, 0.2) is 0 Å². The number of halogens is 1. The molecule has 4 aromatic rings. The Hall–Kier alpha value is -3.51. The van der Waals surface area contributed by atoms with E-state index >= 15 is 0 Å². The molecule has 0 bridgehead atoms. The molecule has 1 amide bonds. The Kier molecular flexibility index (Phi) is 5.69. The third kappa shape index (κ3) is 4.27. The van der Waals surface area contributed by atoms with Crippen LogP contribution in [0.1, 0.15) is 22.9 Å². The first-order chi connectivity index (χ1) is 15.7. The van der Waals surface area contributed by atoms with E-state index in [2.05, 4.69) is 58.4 Å². The van der Waals surface area contributed by atoms with Gasteiger partial charge >= 0.3 is 0 Å². The maximum Gasteiger partial charge on any atom is 0.228 e. The van der Waals surface area contributed by atoms with Gasteiger partial charge in [0.1, 0.15) is 11.5 Å². The minimum absolute atomic E-state index is 0.0597. The van der Waals surface area contributed by atoms with Crippen molar-refractivity contribution < 1.29 is 9.18 Å². The maximum atomic E-state index is 13.4. The smallest absolute Gasteiger partial charge is 0.228 e. The Labute approximate surface area is 186 Å². The molecule has 32 heavy (non-hydrogen) atoms. The first kappa shape index (κ1) is 20.4. The molecule has 0 N–H and O–H groups in total. The first-order valence-electron chi connectivity index (χ1n) is 10.9. The lowest BCUT2D eigenvalue weighted by atomic mass is 9.96. The van der Waals surface area contributed by atoms with Crippen LogP contribution in [0.2, 0.25) is 0 Å². The Morgan fingerprint density at radius 1 is 0.844 bits per heavy atom. The first-order valence-corrected chi connectivity index (χ1v) is 10.9. The van der Waals surface area contributed by atoms with Crippen molar-refractivity contribution in [1.82, 2.24) is 19.2 Å². The van der Waals surface area contributed by atoms with Gasteiger partial charge in [-0.2, -0.15) is 0 Å². The number of hydrogen-bond acceptors (Lipinski definition) is 3. The van der Waals surface area contributed by atoms with Crippen LogP contribution >= 0.6 is 0 Å². The Balaban J connectivity index is 1.27. The number of amides is 1. The summed E-state index contributed by atoms with van der Waals surface area (Å²) in [4.78, 5) is 21.7. The Bertz CT molecular complexity index is 1160. The van der Waals surface area contributed by atoms with E-state index in [1.54, 1.807) is 16.7 Å². The second-order valence-corrected chi connectivity index (χ2v) is 8.16. The highest BCUT2D eigenvalue weighted by molar-refractivity contribution is 5.78. The Morgan fingerprint density at radius 2 is 1.47 bits per heavy atom. The number of imidazole rings is 1. The van der Waals surface area contributed by atoms with Crippen LogP contribution in [0.5, 0.6) is 0 Å². The van der Waals surface area contributed by atoms with Crippen molar-refractivity contribution >= 4 is 11.6 Å². The second-order valence-electron chi connectivity index (χ2n) is 8.16. The van der Waals surface area contributed by atoms with Crippen molar-refractivity contribution in [3.63, 3.8) is 0 Å². The van der Waals surface area contributed by atoms with E-state index in [0.717, 1.165) is 13.1 Å². The molecule has 0 unspecified atom stereocenters. The van der Waals surface area contributed by atoms with Crippen molar-refractivity contribution in [3.8, 4) is 0 Å². The molecule has 2 aromatic carbocycles. The summed E-state index contributed by atoms with van der Waals surface area (Å²) in [6.45, 7) is 2.96. The van der Waals surface area contributed by atoms with Gasteiger partial charge in [-0.3, -0.25) is 9.69 Å².